The summed E-state index contributed by atoms with van der Waals surface area (Å²) in [5.74, 6) is -0.354. The largest absolute Gasteiger partial charge is 0.300 e. The van der Waals surface area contributed by atoms with Crippen LogP contribution in [0, 0.1) is 17.1 Å². The SMILES string of the molecule is CSc1nc(-c2cccc3c(F)cccc23)c(C#N)c(=O)[nH]1. The summed E-state index contributed by atoms with van der Waals surface area (Å²) in [6.07, 6.45) is 1.77. The number of benzene rings is 2. The Morgan fingerprint density at radius 2 is 1.95 bits per heavy atom. The highest BCUT2D eigenvalue weighted by Gasteiger charge is 2.16. The van der Waals surface area contributed by atoms with Crippen molar-refractivity contribution in [2.75, 3.05) is 6.26 Å². The quantitative estimate of drug-likeness (QED) is 0.582. The molecule has 1 N–H and O–H groups in total. The summed E-state index contributed by atoms with van der Waals surface area (Å²) in [4.78, 5) is 18.9. The molecule has 0 aliphatic rings. The zero-order valence-corrected chi connectivity index (χ0v) is 12.4. The van der Waals surface area contributed by atoms with Crippen LogP contribution in [0.15, 0.2) is 46.3 Å². The van der Waals surface area contributed by atoms with Crippen molar-refractivity contribution in [3.63, 3.8) is 0 Å². The molecule has 0 radical (unpaired) electrons. The van der Waals surface area contributed by atoms with E-state index in [0.29, 0.717) is 21.5 Å². The molecule has 0 bridgehead atoms. The van der Waals surface area contributed by atoms with Crippen molar-refractivity contribution in [3.8, 4) is 17.3 Å². The molecule has 1 aromatic heterocycles. The molecule has 0 fully saturated rings. The van der Waals surface area contributed by atoms with Crippen LogP contribution in [0.2, 0.25) is 0 Å². The fourth-order valence-corrected chi connectivity index (χ4v) is 2.70. The summed E-state index contributed by atoms with van der Waals surface area (Å²) in [6, 6.07) is 11.7. The van der Waals surface area contributed by atoms with Crippen LogP contribution in [-0.2, 0) is 0 Å². The number of hydrogen-bond acceptors (Lipinski definition) is 4. The van der Waals surface area contributed by atoms with Gasteiger partial charge in [0.2, 0.25) is 0 Å². The van der Waals surface area contributed by atoms with Crippen LogP contribution in [0.1, 0.15) is 5.56 Å². The molecule has 1 heterocycles. The van der Waals surface area contributed by atoms with Crippen LogP contribution in [0.5, 0.6) is 0 Å². The second-order valence-corrected chi connectivity index (χ2v) is 5.35. The lowest BCUT2D eigenvalue weighted by atomic mass is 9.99. The van der Waals surface area contributed by atoms with Gasteiger partial charge >= 0.3 is 0 Å². The third kappa shape index (κ3) is 2.26. The second-order valence-electron chi connectivity index (χ2n) is 4.55. The number of thioether (sulfide) groups is 1. The van der Waals surface area contributed by atoms with Gasteiger partial charge in [-0.15, -0.1) is 0 Å². The lowest BCUT2D eigenvalue weighted by molar-refractivity contribution is 0.640. The summed E-state index contributed by atoms with van der Waals surface area (Å²) in [7, 11) is 0. The number of nitriles is 1. The van der Waals surface area contributed by atoms with Crippen LogP contribution in [0.25, 0.3) is 22.0 Å². The van der Waals surface area contributed by atoms with Crippen molar-refractivity contribution < 1.29 is 4.39 Å². The first-order valence-electron chi connectivity index (χ1n) is 6.41. The number of aromatic nitrogens is 2. The van der Waals surface area contributed by atoms with Crippen LogP contribution in [0.4, 0.5) is 4.39 Å². The number of aromatic amines is 1. The smallest absolute Gasteiger partial charge is 0.270 e. The van der Waals surface area contributed by atoms with Crippen molar-refractivity contribution in [2.45, 2.75) is 5.16 Å². The fourth-order valence-electron chi connectivity index (χ4n) is 2.33. The molecule has 0 aliphatic carbocycles. The van der Waals surface area contributed by atoms with Crippen molar-refractivity contribution in [3.05, 3.63) is 58.1 Å². The Kier molecular flexibility index (Phi) is 3.65. The number of fused-ring (bicyclic) bond motifs is 1. The third-order valence-corrected chi connectivity index (χ3v) is 3.91. The van der Waals surface area contributed by atoms with E-state index in [4.69, 9.17) is 0 Å². The van der Waals surface area contributed by atoms with E-state index in [1.165, 1.54) is 17.8 Å². The first-order chi connectivity index (χ1) is 10.7. The van der Waals surface area contributed by atoms with Gasteiger partial charge in [0.1, 0.15) is 17.4 Å². The fraction of sp³-hybridized carbons (Fsp3) is 0.0625. The minimum Gasteiger partial charge on any atom is -0.300 e. The van der Waals surface area contributed by atoms with Crippen molar-refractivity contribution >= 4 is 22.5 Å². The van der Waals surface area contributed by atoms with Crippen LogP contribution < -0.4 is 5.56 Å². The molecule has 4 nitrogen and oxygen atoms in total. The molecule has 22 heavy (non-hydrogen) atoms. The van der Waals surface area contributed by atoms with Crippen LogP contribution in [0.3, 0.4) is 0 Å². The first kappa shape index (κ1) is 14.3. The van der Waals surface area contributed by atoms with E-state index in [1.54, 1.807) is 36.6 Å². The summed E-state index contributed by atoms with van der Waals surface area (Å²) >= 11 is 1.27. The van der Waals surface area contributed by atoms with Gasteiger partial charge in [-0.05, 0) is 17.7 Å². The number of nitrogens with one attached hydrogen (secondary N) is 1. The zero-order valence-electron chi connectivity index (χ0n) is 11.6. The van der Waals surface area contributed by atoms with Gasteiger partial charge in [-0.3, -0.25) is 4.79 Å². The van der Waals surface area contributed by atoms with Crippen molar-refractivity contribution in [1.82, 2.24) is 9.97 Å². The number of halogens is 1. The van der Waals surface area contributed by atoms with Gasteiger partial charge in [-0.25, -0.2) is 9.37 Å². The molecule has 3 aromatic rings. The van der Waals surface area contributed by atoms with Gasteiger partial charge in [0.25, 0.3) is 5.56 Å². The van der Waals surface area contributed by atoms with Crippen molar-refractivity contribution in [2.24, 2.45) is 0 Å². The third-order valence-electron chi connectivity index (χ3n) is 3.33. The highest BCUT2D eigenvalue weighted by molar-refractivity contribution is 7.98. The highest BCUT2D eigenvalue weighted by atomic mass is 32.2. The van der Waals surface area contributed by atoms with Crippen LogP contribution >= 0.6 is 11.8 Å². The molecule has 3 rings (SSSR count). The molecule has 0 aliphatic heterocycles. The van der Waals surface area contributed by atoms with Gasteiger partial charge in [0, 0.05) is 10.9 Å². The average Bonchev–Trinajstić information content (AvgIpc) is 2.54. The highest BCUT2D eigenvalue weighted by Crippen LogP contribution is 2.30. The molecule has 0 unspecified atom stereocenters. The van der Waals surface area contributed by atoms with E-state index in [-0.39, 0.29) is 17.1 Å². The maximum Gasteiger partial charge on any atom is 0.270 e. The Morgan fingerprint density at radius 3 is 2.68 bits per heavy atom. The molecular formula is C16H10FN3OS. The van der Waals surface area contributed by atoms with E-state index < -0.39 is 5.56 Å². The minimum atomic E-state index is -0.495. The van der Waals surface area contributed by atoms with E-state index in [0.717, 1.165) is 0 Å². The first-order valence-corrected chi connectivity index (χ1v) is 7.64. The van der Waals surface area contributed by atoms with E-state index >= 15 is 0 Å². The maximum atomic E-state index is 13.9. The molecule has 6 heteroatoms. The minimum absolute atomic E-state index is 0.0745. The van der Waals surface area contributed by atoms with Gasteiger partial charge in [0.15, 0.2) is 5.16 Å². The Morgan fingerprint density at radius 1 is 1.23 bits per heavy atom. The number of rotatable bonds is 2. The molecular weight excluding hydrogens is 301 g/mol. The van der Waals surface area contributed by atoms with E-state index in [1.807, 2.05) is 6.07 Å². The zero-order chi connectivity index (χ0) is 15.7. The second kappa shape index (κ2) is 5.62. The predicted molar refractivity (Wildman–Crippen MR) is 84.3 cm³/mol. The lowest BCUT2D eigenvalue weighted by Crippen LogP contribution is -2.14. The molecule has 0 atom stereocenters. The molecule has 0 saturated heterocycles. The number of nitrogens with zero attached hydrogens (tertiary/aromatic N) is 2. The summed E-state index contributed by atoms with van der Waals surface area (Å²) in [5, 5.41) is 10.7. The number of H-pyrrole nitrogens is 1. The van der Waals surface area contributed by atoms with Gasteiger partial charge in [-0.2, -0.15) is 5.26 Å². The molecule has 108 valence electrons. The Bertz CT molecular complexity index is 975. The Hall–Kier alpha value is -2.65. The molecule has 0 saturated carbocycles. The van der Waals surface area contributed by atoms with Gasteiger partial charge in [-0.1, -0.05) is 42.1 Å². The maximum absolute atomic E-state index is 13.9. The average molecular weight is 311 g/mol. The van der Waals surface area contributed by atoms with Crippen molar-refractivity contribution in [1.29, 1.82) is 5.26 Å². The summed E-state index contributed by atoms with van der Waals surface area (Å²) in [5.41, 5.74) is 0.265. The Balaban J connectivity index is 2.43. The predicted octanol–water partition coefficient (Wildman–Crippen LogP) is 3.32. The van der Waals surface area contributed by atoms with E-state index in [2.05, 4.69) is 9.97 Å². The molecule has 0 spiro atoms. The van der Waals surface area contributed by atoms with Crippen LogP contribution in [-0.4, -0.2) is 16.2 Å². The van der Waals surface area contributed by atoms with E-state index in [9.17, 15) is 14.4 Å². The summed E-state index contributed by atoms with van der Waals surface area (Å²) < 4.78 is 13.9. The summed E-state index contributed by atoms with van der Waals surface area (Å²) in [6.45, 7) is 0. The van der Waals surface area contributed by atoms with Gasteiger partial charge < -0.3 is 4.98 Å². The number of hydrogen-bond donors (Lipinski definition) is 1. The topological polar surface area (TPSA) is 69.5 Å². The molecule has 2 aromatic carbocycles. The standard InChI is InChI=1S/C16H10FN3OS/c1-22-16-19-14(12(8-18)15(21)20-16)11-6-2-5-10-9(11)4-3-7-13(10)17/h2-7H,1H3,(H,19,20,21). The molecule has 0 amide bonds. The lowest BCUT2D eigenvalue weighted by Gasteiger charge is -2.09. The van der Waals surface area contributed by atoms with Gasteiger partial charge in [0.05, 0.1) is 5.69 Å². The normalized spacial score (nSPS) is 10.6. The Labute approximate surface area is 129 Å². The monoisotopic (exact) mass is 311 g/mol.